The van der Waals surface area contributed by atoms with Gasteiger partial charge in [0.05, 0.1) is 5.56 Å². The first-order chi connectivity index (χ1) is 12.0. The van der Waals surface area contributed by atoms with Crippen LogP contribution >= 0.6 is 0 Å². The van der Waals surface area contributed by atoms with Crippen molar-refractivity contribution in [1.29, 1.82) is 0 Å². The number of likely N-dealkylation sites (tertiary alicyclic amines) is 1. The van der Waals surface area contributed by atoms with E-state index in [0.717, 1.165) is 18.5 Å². The lowest BCUT2D eigenvalue weighted by atomic mass is 9.94. The molecule has 8 heteroatoms. The predicted molar refractivity (Wildman–Crippen MR) is 88.4 cm³/mol. The number of nitrogens with two attached hydrogens (primary N) is 1. The maximum atomic E-state index is 12.6. The summed E-state index contributed by atoms with van der Waals surface area (Å²) in [5.41, 5.74) is 6.78. The third kappa shape index (κ3) is 3.52. The van der Waals surface area contributed by atoms with Crippen LogP contribution in [0.3, 0.4) is 0 Å². The van der Waals surface area contributed by atoms with Gasteiger partial charge in [-0.05, 0) is 43.2 Å². The van der Waals surface area contributed by atoms with Crippen molar-refractivity contribution in [1.82, 2.24) is 15.1 Å². The zero-order valence-corrected chi connectivity index (χ0v) is 13.4. The van der Waals surface area contributed by atoms with Gasteiger partial charge in [0.15, 0.2) is 0 Å². The van der Waals surface area contributed by atoms with Gasteiger partial charge in [0.25, 0.3) is 11.8 Å². The van der Waals surface area contributed by atoms with Crippen molar-refractivity contribution in [3.63, 3.8) is 0 Å². The standard InChI is InChI=1S/C17H18N4O4/c18-15(22)14-8-13(19-20-14)12-2-1-7-21(9-12)16(23)10-3-5-11(6-4-10)17(24)25/h3-6,8,12H,1-2,7,9H2,(H2,18,22)(H,19,20)(H,24,25). The van der Waals surface area contributed by atoms with Crippen LogP contribution in [0.15, 0.2) is 30.3 Å². The summed E-state index contributed by atoms with van der Waals surface area (Å²) in [5, 5.41) is 15.6. The second-order valence-corrected chi connectivity index (χ2v) is 6.05. The molecule has 0 saturated carbocycles. The number of aromatic nitrogens is 2. The number of benzene rings is 1. The van der Waals surface area contributed by atoms with E-state index in [4.69, 9.17) is 10.8 Å². The number of hydrogen-bond donors (Lipinski definition) is 3. The van der Waals surface area contributed by atoms with E-state index >= 15 is 0 Å². The summed E-state index contributed by atoms with van der Waals surface area (Å²) in [6, 6.07) is 7.52. The van der Waals surface area contributed by atoms with Crippen molar-refractivity contribution in [3.05, 3.63) is 52.8 Å². The molecule has 2 heterocycles. The van der Waals surface area contributed by atoms with Crippen molar-refractivity contribution in [2.24, 2.45) is 5.73 Å². The molecule has 25 heavy (non-hydrogen) atoms. The molecule has 3 rings (SSSR count). The van der Waals surface area contributed by atoms with E-state index in [1.807, 2.05) is 0 Å². The van der Waals surface area contributed by atoms with E-state index in [-0.39, 0.29) is 23.1 Å². The number of nitrogens with zero attached hydrogens (tertiary/aromatic N) is 2. The average molecular weight is 342 g/mol. The Labute approximate surface area is 143 Å². The van der Waals surface area contributed by atoms with Crippen LogP contribution in [0.25, 0.3) is 0 Å². The number of amides is 2. The smallest absolute Gasteiger partial charge is 0.335 e. The van der Waals surface area contributed by atoms with Crippen LogP contribution in [0.5, 0.6) is 0 Å². The second kappa shape index (κ2) is 6.76. The Morgan fingerprint density at radius 1 is 1.20 bits per heavy atom. The van der Waals surface area contributed by atoms with E-state index in [0.29, 0.717) is 18.7 Å². The number of nitrogens with one attached hydrogen (secondary N) is 1. The van der Waals surface area contributed by atoms with E-state index in [9.17, 15) is 14.4 Å². The summed E-state index contributed by atoms with van der Waals surface area (Å²) in [4.78, 5) is 36.4. The highest BCUT2D eigenvalue weighted by Crippen LogP contribution is 2.27. The quantitative estimate of drug-likeness (QED) is 0.769. The van der Waals surface area contributed by atoms with Crippen molar-refractivity contribution in [2.45, 2.75) is 18.8 Å². The van der Waals surface area contributed by atoms with Gasteiger partial charge < -0.3 is 15.7 Å². The van der Waals surface area contributed by atoms with Gasteiger partial charge in [-0.3, -0.25) is 14.7 Å². The number of aromatic amines is 1. The minimum atomic E-state index is -1.03. The van der Waals surface area contributed by atoms with Crippen molar-refractivity contribution in [3.8, 4) is 0 Å². The molecule has 1 atom stereocenters. The number of H-pyrrole nitrogens is 1. The Morgan fingerprint density at radius 2 is 1.88 bits per heavy atom. The molecule has 1 aliphatic heterocycles. The molecule has 0 spiro atoms. The number of hydrogen-bond acceptors (Lipinski definition) is 4. The van der Waals surface area contributed by atoms with Crippen LogP contribution in [-0.2, 0) is 0 Å². The third-order valence-corrected chi connectivity index (χ3v) is 4.38. The fourth-order valence-corrected chi connectivity index (χ4v) is 3.03. The van der Waals surface area contributed by atoms with E-state index in [2.05, 4.69) is 10.2 Å². The molecular weight excluding hydrogens is 324 g/mol. The van der Waals surface area contributed by atoms with E-state index in [1.165, 1.54) is 24.3 Å². The topological polar surface area (TPSA) is 129 Å². The summed E-state index contributed by atoms with van der Waals surface area (Å²) < 4.78 is 0. The Hall–Kier alpha value is -3.16. The van der Waals surface area contributed by atoms with Gasteiger partial charge >= 0.3 is 5.97 Å². The Kier molecular flexibility index (Phi) is 4.51. The lowest BCUT2D eigenvalue weighted by molar-refractivity contribution is 0.0687. The normalized spacial score (nSPS) is 17.3. The number of carboxylic acid groups (broad SMARTS) is 1. The number of rotatable bonds is 4. The molecule has 1 aromatic heterocycles. The van der Waals surface area contributed by atoms with E-state index in [1.54, 1.807) is 11.0 Å². The van der Waals surface area contributed by atoms with Gasteiger partial charge in [-0.2, -0.15) is 5.10 Å². The molecule has 0 radical (unpaired) electrons. The third-order valence-electron chi connectivity index (χ3n) is 4.38. The molecular formula is C17H18N4O4. The Balaban J connectivity index is 1.72. The van der Waals surface area contributed by atoms with Crippen LogP contribution in [0, 0.1) is 0 Å². The minimum Gasteiger partial charge on any atom is -0.478 e. The molecule has 1 aliphatic rings. The highest BCUT2D eigenvalue weighted by atomic mass is 16.4. The molecule has 1 unspecified atom stereocenters. The lowest BCUT2D eigenvalue weighted by Crippen LogP contribution is -2.39. The van der Waals surface area contributed by atoms with Gasteiger partial charge in [-0.1, -0.05) is 0 Å². The minimum absolute atomic E-state index is 0.0524. The molecule has 2 aromatic rings. The molecule has 0 bridgehead atoms. The molecule has 1 saturated heterocycles. The maximum Gasteiger partial charge on any atom is 0.335 e. The van der Waals surface area contributed by atoms with Crippen molar-refractivity contribution in [2.75, 3.05) is 13.1 Å². The van der Waals surface area contributed by atoms with Crippen LogP contribution in [0.1, 0.15) is 55.7 Å². The molecule has 130 valence electrons. The first-order valence-electron chi connectivity index (χ1n) is 7.93. The van der Waals surface area contributed by atoms with Crippen LogP contribution < -0.4 is 5.73 Å². The molecule has 4 N–H and O–H groups in total. The number of carboxylic acids is 1. The second-order valence-electron chi connectivity index (χ2n) is 6.05. The Bertz CT molecular complexity index is 812. The van der Waals surface area contributed by atoms with Crippen LogP contribution in [0.2, 0.25) is 0 Å². The van der Waals surface area contributed by atoms with Crippen LogP contribution in [-0.4, -0.2) is 51.1 Å². The number of carbonyl (C=O) groups is 3. The zero-order valence-electron chi connectivity index (χ0n) is 13.4. The van der Waals surface area contributed by atoms with Crippen molar-refractivity contribution < 1.29 is 19.5 Å². The summed E-state index contributed by atoms with van der Waals surface area (Å²) in [7, 11) is 0. The number of primary amides is 1. The summed E-state index contributed by atoms with van der Waals surface area (Å²) in [5.74, 6) is -1.71. The number of piperidine rings is 1. The lowest BCUT2D eigenvalue weighted by Gasteiger charge is -2.32. The SMILES string of the molecule is NC(=O)c1cc(C2CCCN(C(=O)c3ccc(C(=O)O)cc3)C2)[nH]n1. The fourth-order valence-electron chi connectivity index (χ4n) is 3.03. The number of carbonyl (C=O) groups excluding carboxylic acids is 2. The average Bonchev–Trinajstić information content (AvgIpc) is 3.12. The molecule has 0 aliphatic carbocycles. The summed E-state index contributed by atoms with van der Waals surface area (Å²) in [6.07, 6.45) is 1.71. The maximum absolute atomic E-state index is 12.6. The van der Waals surface area contributed by atoms with Gasteiger partial charge in [0.1, 0.15) is 5.69 Å². The predicted octanol–water partition coefficient (Wildman–Crippen LogP) is 1.23. The molecule has 2 amide bonds. The molecule has 1 fully saturated rings. The van der Waals surface area contributed by atoms with Crippen molar-refractivity contribution >= 4 is 17.8 Å². The van der Waals surface area contributed by atoms with Gasteiger partial charge in [-0.25, -0.2) is 4.79 Å². The van der Waals surface area contributed by atoms with E-state index < -0.39 is 11.9 Å². The highest BCUT2D eigenvalue weighted by molar-refractivity contribution is 5.96. The fraction of sp³-hybridized carbons (Fsp3) is 0.294. The highest BCUT2D eigenvalue weighted by Gasteiger charge is 2.27. The van der Waals surface area contributed by atoms with Gasteiger partial charge in [-0.15, -0.1) is 0 Å². The monoisotopic (exact) mass is 342 g/mol. The summed E-state index contributed by atoms with van der Waals surface area (Å²) >= 11 is 0. The van der Waals surface area contributed by atoms with Gasteiger partial charge in [0, 0.05) is 30.3 Å². The molecule has 8 nitrogen and oxygen atoms in total. The largest absolute Gasteiger partial charge is 0.478 e. The molecule has 1 aromatic carbocycles. The first-order valence-corrected chi connectivity index (χ1v) is 7.93. The number of aromatic carboxylic acids is 1. The van der Waals surface area contributed by atoms with Crippen LogP contribution in [0.4, 0.5) is 0 Å². The zero-order chi connectivity index (χ0) is 18.0. The summed E-state index contributed by atoms with van der Waals surface area (Å²) in [6.45, 7) is 1.13. The van der Waals surface area contributed by atoms with Gasteiger partial charge in [0.2, 0.25) is 0 Å². The first kappa shape index (κ1) is 16.7. The Morgan fingerprint density at radius 3 is 2.48 bits per heavy atom.